The maximum atomic E-state index is 11.2. The molecule has 0 aliphatic carbocycles. The molecule has 92 valence electrons. The van der Waals surface area contributed by atoms with E-state index in [0.717, 1.165) is 17.1 Å². The Balaban J connectivity index is 2.42. The van der Waals surface area contributed by atoms with Crippen molar-refractivity contribution in [1.29, 1.82) is 0 Å². The van der Waals surface area contributed by atoms with Crippen LogP contribution in [0.15, 0.2) is 42.7 Å². The molecule has 0 aliphatic heterocycles. The molecule has 1 heterocycles. The van der Waals surface area contributed by atoms with Crippen LogP contribution < -0.4 is 0 Å². The normalized spacial score (nSPS) is 12.0. The van der Waals surface area contributed by atoms with E-state index < -0.39 is 16.9 Å². The van der Waals surface area contributed by atoms with Gasteiger partial charge in [-0.25, -0.2) is 9.48 Å². The number of rotatable bonds is 4. The topological polar surface area (TPSA) is 98.3 Å². The van der Waals surface area contributed by atoms with Crippen molar-refractivity contribution in [2.24, 2.45) is 0 Å². The van der Waals surface area contributed by atoms with Gasteiger partial charge in [-0.15, -0.1) is 0 Å². The van der Waals surface area contributed by atoms with Crippen LogP contribution in [0.3, 0.4) is 0 Å². The van der Waals surface area contributed by atoms with E-state index in [1.165, 1.54) is 0 Å². The standard InChI is InChI=1S/C11H9N3O4/c15-11(16)10(8-4-2-1-3-5-8)13-7-9(6-12-13)14(17)18/h1-7,10H,(H,15,16). The van der Waals surface area contributed by atoms with Crippen molar-refractivity contribution in [1.82, 2.24) is 9.78 Å². The lowest BCUT2D eigenvalue weighted by molar-refractivity contribution is -0.385. The predicted octanol–water partition coefficient (Wildman–Crippen LogP) is 1.47. The van der Waals surface area contributed by atoms with Gasteiger partial charge in [-0.3, -0.25) is 10.1 Å². The van der Waals surface area contributed by atoms with Crippen molar-refractivity contribution >= 4 is 11.7 Å². The second-order valence-corrected chi connectivity index (χ2v) is 3.59. The second-order valence-electron chi connectivity index (χ2n) is 3.59. The summed E-state index contributed by atoms with van der Waals surface area (Å²) >= 11 is 0. The first-order valence-corrected chi connectivity index (χ1v) is 5.06. The molecular formula is C11H9N3O4. The molecule has 1 aromatic carbocycles. The summed E-state index contributed by atoms with van der Waals surface area (Å²) in [6, 6.07) is 7.35. The lowest BCUT2D eigenvalue weighted by atomic mass is 10.1. The maximum Gasteiger partial charge on any atom is 0.333 e. The van der Waals surface area contributed by atoms with E-state index in [1.807, 2.05) is 0 Å². The Morgan fingerprint density at radius 2 is 2.06 bits per heavy atom. The average molecular weight is 247 g/mol. The van der Waals surface area contributed by atoms with Gasteiger partial charge < -0.3 is 5.11 Å². The molecule has 0 bridgehead atoms. The van der Waals surface area contributed by atoms with E-state index >= 15 is 0 Å². The first-order valence-electron chi connectivity index (χ1n) is 5.06. The molecule has 1 aromatic heterocycles. The highest BCUT2D eigenvalue weighted by Gasteiger charge is 2.24. The Labute approximate surface area is 101 Å². The summed E-state index contributed by atoms with van der Waals surface area (Å²) in [4.78, 5) is 21.2. The molecule has 0 saturated carbocycles. The van der Waals surface area contributed by atoms with Gasteiger partial charge in [0, 0.05) is 0 Å². The van der Waals surface area contributed by atoms with Gasteiger partial charge >= 0.3 is 11.7 Å². The molecule has 1 N–H and O–H groups in total. The number of hydrogen-bond donors (Lipinski definition) is 1. The smallest absolute Gasteiger partial charge is 0.333 e. The van der Waals surface area contributed by atoms with Crippen LogP contribution in [0.2, 0.25) is 0 Å². The molecule has 18 heavy (non-hydrogen) atoms. The van der Waals surface area contributed by atoms with E-state index in [0.29, 0.717) is 5.56 Å². The Bertz CT molecular complexity index is 579. The summed E-state index contributed by atoms with van der Waals surface area (Å²) in [5.41, 5.74) is 0.264. The zero-order chi connectivity index (χ0) is 13.1. The van der Waals surface area contributed by atoms with Crippen LogP contribution in [0.4, 0.5) is 5.69 Å². The number of carbonyl (C=O) groups is 1. The minimum Gasteiger partial charge on any atom is -0.479 e. The van der Waals surface area contributed by atoms with E-state index in [4.69, 9.17) is 0 Å². The third kappa shape index (κ3) is 2.19. The van der Waals surface area contributed by atoms with E-state index in [1.54, 1.807) is 30.3 Å². The fourth-order valence-electron chi connectivity index (χ4n) is 1.61. The highest BCUT2D eigenvalue weighted by Crippen LogP contribution is 2.20. The number of aromatic nitrogens is 2. The minimum absolute atomic E-state index is 0.239. The molecule has 0 spiro atoms. The average Bonchev–Trinajstić information content (AvgIpc) is 2.79. The number of aliphatic carboxylic acids is 1. The van der Waals surface area contributed by atoms with E-state index in [-0.39, 0.29) is 5.69 Å². The van der Waals surface area contributed by atoms with Gasteiger partial charge in [0.15, 0.2) is 6.04 Å². The molecule has 2 rings (SSSR count). The lowest BCUT2D eigenvalue weighted by Gasteiger charge is -2.12. The van der Waals surface area contributed by atoms with E-state index in [2.05, 4.69) is 5.10 Å². The molecule has 1 unspecified atom stereocenters. The molecule has 0 aliphatic rings. The molecular weight excluding hydrogens is 238 g/mol. The van der Waals surface area contributed by atoms with Gasteiger partial charge in [0.05, 0.1) is 4.92 Å². The minimum atomic E-state index is -1.13. The van der Waals surface area contributed by atoms with Gasteiger partial charge in [0.25, 0.3) is 0 Å². The molecule has 1 atom stereocenters. The van der Waals surface area contributed by atoms with Crippen LogP contribution in [0.1, 0.15) is 11.6 Å². The van der Waals surface area contributed by atoms with Crippen molar-refractivity contribution in [2.45, 2.75) is 6.04 Å². The molecule has 7 nitrogen and oxygen atoms in total. The first kappa shape index (κ1) is 11.8. The highest BCUT2D eigenvalue weighted by molar-refractivity contribution is 5.75. The molecule has 7 heteroatoms. The zero-order valence-electron chi connectivity index (χ0n) is 9.13. The van der Waals surface area contributed by atoms with Crippen molar-refractivity contribution in [3.8, 4) is 0 Å². The largest absolute Gasteiger partial charge is 0.479 e. The van der Waals surface area contributed by atoms with Crippen LogP contribution >= 0.6 is 0 Å². The summed E-state index contributed by atoms with van der Waals surface area (Å²) in [6.45, 7) is 0. The third-order valence-electron chi connectivity index (χ3n) is 2.41. The number of nitro groups is 1. The van der Waals surface area contributed by atoms with Crippen molar-refractivity contribution in [2.75, 3.05) is 0 Å². The first-order chi connectivity index (χ1) is 8.59. The fourth-order valence-corrected chi connectivity index (χ4v) is 1.61. The van der Waals surface area contributed by atoms with Gasteiger partial charge in [0.2, 0.25) is 0 Å². The van der Waals surface area contributed by atoms with Crippen molar-refractivity contribution in [3.05, 3.63) is 58.4 Å². The Morgan fingerprint density at radius 3 is 2.56 bits per heavy atom. The van der Waals surface area contributed by atoms with Gasteiger partial charge in [0.1, 0.15) is 12.4 Å². The monoisotopic (exact) mass is 247 g/mol. The van der Waals surface area contributed by atoms with Gasteiger partial charge in [-0.05, 0) is 5.56 Å². The predicted molar refractivity (Wildman–Crippen MR) is 61.1 cm³/mol. The summed E-state index contributed by atoms with van der Waals surface area (Å²) in [5.74, 6) is -1.13. The maximum absolute atomic E-state index is 11.2. The van der Waals surface area contributed by atoms with Crippen molar-refractivity contribution in [3.63, 3.8) is 0 Å². The second kappa shape index (κ2) is 4.66. The molecule has 0 saturated heterocycles. The highest BCUT2D eigenvalue weighted by atomic mass is 16.6. The SMILES string of the molecule is O=C(O)C(c1ccccc1)n1cc([N+](=O)[O-])cn1. The van der Waals surface area contributed by atoms with Crippen LogP contribution in [0.25, 0.3) is 0 Å². The number of carboxylic acid groups (broad SMARTS) is 1. The molecule has 2 aromatic rings. The fraction of sp³-hybridized carbons (Fsp3) is 0.0909. The van der Waals surface area contributed by atoms with Gasteiger partial charge in [-0.1, -0.05) is 30.3 Å². The third-order valence-corrected chi connectivity index (χ3v) is 2.41. The van der Waals surface area contributed by atoms with Gasteiger partial charge in [-0.2, -0.15) is 5.10 Å². The Kier molecular flexibility index (Phi) is 3.05. The summed E-state index contributed by atoms with van der Waals surface area (Å²) < 4.78 is 1.07. The Morgan fingerprint density at radius 1 is 1.39 bits per heavy atom. The van der Waals surface area contributed by atoms with Crippen LogP contribution in [-0.2, 0) is 4.79 Å². The number of nitrogens with zero attached hydrogens (tertiary/aromatic N) is 3. The summed E-state index contributed by atoms with van der Waals surface area (Å²) in [7, 11) is 0. The summed E-state index contributed by atoms with van der Waals surface area (Å²) in [6.07, 6.45) is 2.13. The number of benzene rings is 1. The quantitative estimate of drug-likeness (QED) is 0.651. The molecule has 0 radical (unpaired) electrons. The molecule has 0 fully saturated rings. The number of hydrogen-bond acceptors (Lipinski definition) is 4. The lowest BCUT2D eigenvalue weighted by Crippen LogP contribution is -2.20. The zero-order valence-corrected chi connectivity index (χ0v) is 9.13. The van der Waals surface area contributed by atoms with E-state index in [9.17, 15) is 20.0 Å². The Hall–Kier alpha value is -2.70. The summed E-state index contributed by atoms with van der Waals surface area (Å²) in [5, 5.41) is 23.5. The van der Waals surface area contributed by atoms with Crippen LogP contribution in [0, 0.1) is 10.1 Å². The van der Waals surface area contributed by atoms with Crippen LogP contribution in [0.5, 0.6) is 0 Å². The van der Waals surface area contributed by atoms with Crippen molar-refractivity contribution < 1.29 is 14.8 Å². The molecule has 0 amide bonds. The van der Waals surface area contributed by atoms with Crippen LogP contribution in [-0.4, -0.2) is 25.8 Å². The number of carboxylic acids is 1.